The number of carbonyl (C=O) groups is 10. The minimum absolute atomic E-state index is 0.0818. The van der Waals surface area contributed by atoms with Gasteiger partial charge in [0.05, 0.1) is 16.7 Å². The number of nitrogens with zero attached hydrogens (tertiary/aromatic N) is 1. The Morgan fingerprint density at radius 2 is 0.836 bits per heavy atom. The van der Waals surface area contributed by atoms with E-state index in [1.165, 1.54) is 6.07 Å². The van der Waals surface area contributed by atoms with Crippen molar-refractivity contribution in [2.24, 2.45) is 5.73 Å². The Hall–Kier alpha value is -7.32. The summed E-state index contributed by atoms with van der Waals surface area (Å²) in [4.78, 5) is 136. The smallest absolute Gasteiger partial charge is 0.346 e. The zero-order valence-corrected chi connectivity index (χ0v) is 38.2. The number of ether oxygens (including phenoxy) is 6. The number of para-hydroxylation sites is 3. The lowest BCUT2D eigenvalue weighted by molar-refractivity contribution is -0.144. The molecule has 0 saturated heterocycles. The molecule has 0 aromatic heterocycles. The van der Waals surface area contributed by atoms with E-state index in [0.29, 0.717) is 30.8 Å². The van der Waals surface area contributed by atoms with Gasteiger partial charge in [0.1, 0.15) is 0 Å². The van der Waals surface area contributed by atoms with Crippen LogP contribution < -0.4 is 39.5 Å². The van der Waals surface area contributed by atoms with Gasteiger partial charge in [-0.2, -0.15) is 0 Å². The fourth-order valence-electron chi connectivity index (χ4n) is 6.89. The summed E-state index contributed by atoms with van der Waals surface area (Å²) < 4.78 is 31.7. The first kappa shape index (κ1) is 54.0. The molecule has 4 N–H and O–H groups in total. The van der Waals surface area contributed by atoms with E-state index in [1.807, 2.05) is 0 Å². The molecule has 0 spiro atoms. The van der Waals surface area contributed by atoms with Gasteiger partial charge in [0.25, 0.3) is 11.4 Å². The van der Waals surface area contributed by atoms with Gasteiger partial charge in [-0.3, -0.25) is 43.2 Å². The molecule has 360 valence electrons. The van der Waals surface area contributed by atoms with Crippen LogP contribution in [0.1, 0.15) is 124 Å². The molecule has 0 heterocycles. The first-order chi connectivity index (χ1) is 31.8. The van der Waals surface area contributed by atoms with Crippen molar-refractivity contribution < 1.29 is 81.5 Å². The SMILES string of the molecule is CC(=O)Oc1cccc(C(=O)N(CCCCCCNCCCCCCN)C(C(=O)O)(C(=O)c2cccc(OC(C)=O)c2OC(C)=O)C(=O)c2cccc(OC(C)=O)c2OC(C)=O)c1OC(C)=O. The molecule has 0 fully saturated rings. The second kappa shape index (κ2) is 26.0. The number of amides is 1. The molecule has 0 atom stereocenters. The van der Waals surface area contributed by atoms with Crippen LogP contribution in [0.4, 0.5) is 0 Å². The van der Waals surface area contributed by atoms with Gasteiger partial charge in [-0.1, -0.05) is 43.9 Å². The highest BCUT2D eigenvalue weighted by atomic mass is 16.6. The maximum atomic E-state index is 15.6. The second-order valence-electron chi connectivity index (χ2n) is 15.0. The maximum Gasteiger partial charge on any atom is 0.346 e. The third kappa shape index (κ3) is 14.8. The van der Waals surface area contributed by atoms with Crippen molar-refractivity contribution in [3.63, 3.8) is 0 Å². The normalized spacial score (nSPS) is 10.9. The van der Waals surface area contributed by atoms with Gasteiger partial charge in [-0.25, -0.2) is 4.79 Å². The third-order valence-electron chi connectivity index (χ3n) is 9.56. The molecule has 3 aromatic rings. The topological polar surface area (TPSA) is 288 Å². The monoisotopic (exact) mass is 933 g/mol. The number of carbonyl (C=O) groups excluding carboxylic acids is 9. The zero-order chi connectivity index (χ0) is 49.8. The third-order valence-corrected chi connectivity index (χ3v) is 9.56. The summed E-state index contributed by atoms with van der Waals surface area (Å²) in [5.74, 6) is -17.2. The lowest BCUT2D eigenvalue weighted by Gasteiger charge is -2.39. The van der Waals surface area contributed by atoms with Gasteiger partial charge in [0, 0.05) is 48.1 Å². The van der Waals surface area contributed by atoms with Gasteiger partial charge >= 0.3 is 41.8 Å². The largest absolute Gasteiger partial charge is 0.479 e. The van der Waals surface area contributed by atoms with Crippen LogP contribution in [0.3, 0.4) is 0 Å². The van der Waals surface area contributed by atoms with Crippen LogP contribution in [0, 0.1) is 0 Å². The number of carboxylic acids is 1. The number of aliphatic carboxylic acids is 1. The Morgan fingerprint density at radius 3 is 1.19 bits per heavy atom. The Labute approximate surface area is 386 Å². The summed E-state index contributed by atoms with van der Waals surface area (Å²) >= 11 is 0. The van der Waals surface area contributed by atoms with Crippen LogP contribution in [0.5, 0.6) is 34.5 Å². The molecule has 0 aliphatic carbocycles. The molecular weight excluding hydrogens is 879 g/mol. The number of hydrogen-bond acceptors (Lipinski definition) is 18. The second-order valence-corrected chi connectivity index (χ2v) is 15.0. The first-order valence-electron chi connectivity index (χ1n) is 21.3. The fraction of sp³-hybridized carbons (Fsp3) is 0.404. The van der Waals surface area contributed by atoms with Crippen LogP contribution in [0.15, 0.2) is 54.6 Å². The summed E-state index contributed by atoms with van der Waals surface area (Å²) in [6, 6.07) is 9.74. The van der Waals surface area contributed by atoms with E-state index in [0.717, 1.165) is 122 Å². The van der Waals surface area contributed by atoms with Gasteiger partial charge < -0.3 is 49.5 Å². The molecule has 67 heavy (non-hydrogen) atoms. The standard InChI is InChI=1S/C47H55N3O17/c1-28(51)62-37-21-15-18-34(40(37)65-31(4)54)43(57)47(46(60)61,44(58)35-19-16-22-38(63-29(2)52)41(35)66-32(5)55)50(27-14-10-9-13-26-49-25-12-8-7-11-24-48)45(59)36-20-17-23-39(64-30(3)53)42(36)67-33(6)56/h15-23,49H,7-14,24-27,48H2,1-6H3,(H,60,61). The molecule has 3 aromatic carbocycles. The molecule has 0 bridgehead atoms. The Bertz CT molecular complexity index is 2270. The van der Waals surface area contributed by atoms with E-state index in [2.05, 4.69) is 5.32 Å². The minimum Gasteiger partial charge on any atom is -0.479 e. The lowest BCUT2D eigenvalue weighted by Crippen LogP contribution is -2.67. The number of hydrogen-bond donors (Lipinski definition) is 3. The number of carboxylic acid groups (broad SMARTS) is 1. The zero-order valence-electron chi connectivity index (χ0n) is 38.2. The molecule has 0 aliphatic heterocycles. The first-order valence-corrected chi connectivity index (χ1v) is 21.3. The minimum atomic E-state index is -3.82. The van der Waals surface area contributed by atoms with E-state index in [4.69, 9.17) is 34.2 Å². The molecule has 1 amide bonds. The molecule has 0 radical (unpaired) electrons. The fourth-order valence-corrected chi connectivity index (χ4v) is 6.89. The summed E-state index contributed by atoms with van der Waals surface area (Å²) in [7, 11) is 0. The van der Waals surface area contributed by atoms with Gasteiger partial charge in [0.2, 0.25) is 11.6 Å². The quantitative estimate of drug-likeness (QED) is 0.0316. The molecule has 0 unspecified atom stereocenters. The summed E-state index contributed by atoms with van der Waals surface area (Å²) in [5, 5.41) is 15.0. The van der Waals surface area contributed by atoms with Crippen molar-refractivity contribution in [2.45, 2.75) is 98.4 Å². The van der Waals surface area contributed by atoms with Crippen molar-refractivity contribution in [1.82, 2.24) is 10.2 Å². The van der Waals surface area contributed by atoms with Crippen molar-refractivity contribution in [3.8, 4) is 34.5 Å². The Kier molecular flexibility index (Phi) is 20.9. The van der Waals surface area contributed by atoms with Crippen molar-refractivity contribution in [3.05, 3.63) is 71.3 Å². The average Bonchev–Trinajstić information content (AvgIpc) is 3.23. The highest BCUT2D eigenvalue weighted by Crippen LogP contribution is 2.42. The van der Waals surface area contributed by atoms with E-state index in [9.17, 15) is 38.7 Å². The predicted octanol–water partition coefficient (Wildman–Crippen LogP) is 4.94. The Balaban J connectivity index is 2.46. The summed E-state index contributed by atoms with van der Waals surface area (Å²) in [6.07, 6.45) is 5.23. The number of Topliss-reactive ketones (excluding diaryl/α,β-unsaturated/α-hetero) is 2. The summed E-state index contributed by atoms with van der Waals surface area (Å²) in [6.45, 7) is 7.05. The molecule has 0 saturated carbocycles. The van der Waals surface area contributed by atoms with Gasteiger partial charge in [-0.05, 0) is 81.7 Å². The molecule has 3 rings (SSSR count). The van der Waals surface area contributed by atoms with Gasteiger partial charge in [0.15, 0.2) is 34.5 Å². The predicted molar refractivity (Wildman–Crippen MR) is 236 cm³/mol. The van der Waals surface area contributed by atoms with Crippen LogP contribution in [0.2, 0.25) is 0 Å². The van der Waals surface area contributed by atoms with E-state index < -0.39 is 123 Å². The van der Waals surface area contributed by atoms with E-state index in [1.54, 1.807) is 0 Å². The maximum absolute atomic E-state index is 15.6. The lowest BCUT2D eigenvalue weighted by atomic mass is 9.79. The summed E-state index contributed by atoms with van der Waals surface area (Å²) in [5.41, 5.74) is -0.650. The number of nitrogens with two attached hydrogens (primary N) is 1. The number of esters is 6. The number of rotatable bonds is 26. The van der Waals surface area contributed by atoms with E-state index >= 15 is 14.4 Å². The molecule has 20 heteroatoms. The van der Waals surface area contributed by atoms with Crippen molar-refractivity contribution >= 4 is 59.3 Å². The number of unbranched alkanes of at least 4 members (excludes halogenated alkanes) is 6. The Morgan fingerprint density at radius 1 is 0.493 bits per heavy atom. The van der Waals surface area contributed by atoms with E-state index in [-0.39, 0.29) is 12.8 Å². The van der Waals surface area contributed by atoms with Crippen LogP contribution in [-0.2, 0) is 33.6 Å². The highest BCUT2D eigenvalue weighted by Gasteiger charge is 2.61. The van der Waals surface area contributed by atoms with Crippen molar-refractivity contribution in [1.29, 1.82) is 0 Å². The molecule has 20 nitrogen and oxygen atoms in total. The van der Waals surface area contributed by atoms with Crippen LogP contribution in [0.25, 0.3) is 0 Å². The average molecular weight is 934 g/mol. The number of benzene rings is 3. The number of ketones is 2. The van der Waals surface area contributed by atoms with Crippen molar-refractivity contribution in [2.75, 3.05) is 26.2 Å². The molecule has 0 aliphatic rings. The van der Waals surface area contributed by atoms with Gasteiger partial charge in [-0.15, -0.1) is 0 Å². The molecular formula is C47H55N3O17. The highest BCUT2D eigenvalue weighted by molar-refractivity contribution is 6.38. The number of nitrogens with one attached hydrogen (secondary N) is 1. The van der Waals surface area contributed by atoms with Crippen LogP contribution in [-0.4, -0.2) is 101 Å². The van der Waals surface area contributed by atoms with Crippen LogP contribution >= 0.6 is 0 Å².